The third-order valence-electron chi connectivity index (χ3n) is 3.59. The van der Waals surface area contributed by atoms with E-state index in [0.717, 1.165) is 13.0 Å². The van der Waals surface area contributed by atoms with E-state index in [1.54, 1.807) is 0 Å². The molecule has 0 saturated heterocycles. The van der Waals surface area contributed by atoms with E-state index in [0.29, 0.717) is 0 Å². The van der Waals surface area contributed by atoms with Crippen LogP contribution in [-0.2, 0) is 6.54 Å². The molecule has 0 spiro atoms. The summed E-state index contributed by atoms with van der Waals surface area (Å²) in [5, 5.41) is 7.81. The van der Waals surface area contributed by atoms with Crippen LogP contribution >= 0.6 is 0 Å². The molecule has 0 bridgehead atoms. The van der Waals surface area contributed by atoms with Crippen LogP contribution in [0.4, 0.5) is 0 Å². The maximum absolute atomic E-state index is 4.41. The van der Waals surface area contributed by atoms with Crippen molar-refractivity contribution in [3.63, 3.8) is 0 Å². The van der Waals surface area contributed by atoms with Gasteiger partial charge in [-0.2, -0.15) is 5.10 Å². The van der Waals surface area contributed by atoms with Gasteiger partial charge in [0.15, 0.2) is 0 Å². The highest BCUT2D eigenvalue weighted by Crippen LogP contribution is 2.28. The monoisotopic (exact) mass is 238 g/mol. The molecule has 1 N–H and O–H groups in total. The minimum absolute atomic E-state index is 0.0504. The molecule has 1 aromatic heterocycles. The van der Waals surface area contributed by atoms with Gasteiger partial charge in [-0.1, -0.05) is 6.92 Å². The van der Waals surface area contributed by atoms with Crippen LogP contribution in [0.2, 0.25) is 0 Å². The number of aryl methyl sites for hydroxylation is 1. The highest BCUT2D eigenvalue weighted by atomic mass is 15.3. The maximum atomic E-state index is 4.41. The van der Waals surface area contributed by atoms with Crippen molar-refractivity contribution in [1.82, 2.24) is 20.0 Å². The van der Waals surface area contributed by atoms with Gasteiger partial charge in [-0.3, -0.25) is 4.68 Å². The van der Waals surface area contributed by atoms with Gasteiger partial charge in [-0.05, 0) is 41.4 Å². The van der Waals surface area contributed by atoms with Crippen LogP contribution in [0.5, 0.6) is 0 Å². The van der Waals surface area contributed by atoms with Crippen LogP contribution in [0, 0.1) is 0 Å². The lowest BCUT2D eigenvalue weighted by Gasteiger charge is -2.39. The van der Waals surface area contributed by atoms with Gasteiger partial charge >= 0.3 is 0 Å². The van der Waals surface area contributed by atoms with Gasteiger partial charge in [0.2, 0.25) is 0 Å². The summed E-state index contributed by atoms with van der Waals surface area (Å²) in [4.78, 5) is 2.24. The molecule has 0 radical (unpaired) electrons. The first-order chi connectivity index (χ1) is 7.93. The lowest BCUT2D eigenvalue weighted by Crippen LogP contribution is -2.48. The van der Waals surface area contributed by atoms with Gasteiger partial charge in [0.1, 0.15) is 0 Å². The minimum atomic E-state index is 0.0504. The molecular weight excluding hydrogens is 212 g/mol. The lowest BCUT2D eigenvalue weighted by molar-refractivity contribution is 0.142. The van der Waals surface area contributed by atoms with Crippen molar-refractivity contribution in [1.29, 1.82) is 0 Å². The fraction of sp³-hybridized carbons (Fsp3) is 0.769. The van der Waals surface area contributed by atoms with Crippen LogP contribution in [0.1, 0.15) is 38.8 Å². The molecule has 1 aromatic rings. The lowest BCUT2D eigenvalue weighted by atomic mass is 9.89. The van der Waals surface area contributed by atoms with Crippen molar-refractivity contribution in [3.05, 3.63) is 18.0 Å². The maximum Gasteiger partial charge on any atom is 0.0538 e. The zero-order valence-electron chi connectivity index (χ0n) is 12.0. The highest BCUT2D eigenvalue weighted by Gasteiger charge is 2.32. The van der Waals surface area contributed by atoms with E-state index < -0.39 is 0 Å². The number of likely N-dealkylation sites (N-methyl/N-ethyl adjacent to an activating group) is 2. The molecule has 0 aliphatic carbocycles. The predicted molar refractivity (Wildman–Crippen MR) is 72.1 cm³/mol. The Bertz CT molecular complexity index is 341. The standard InChI is InChI=1S/C13H26N4/c1-7-8-17-10-11(9-15-17)12(14-4)13(2,3)16(5)6/h9-10,12,14H,7-8H2,1-6H3. The molecule has 0 aliphatic rings. The van der Waals surface area contributed by atoms with Crippen molar-refractivity contribution >= 4 is 0 Å². The molecule has 17 heavy (non-hydrogen) atoms. The second kappa shape index (κ2) is 5.65. The Labute approximate surface area is 105 Å². The van der Waals surface area contributed by atoms with Crippen LogP contribution in [0.25, 0.3) is 0 Å². The van der Waals surface area contributed by atoms with Crippen LogP contribution in [0.3, 0.4) is 0 Å². The molecular formula is C13H26N4. The number of nitrogens with zero attached hydrogens (tertiary/aromatic N) is 3. The summed E-state index contributed by atoms with van der Waals surface area (Å²) in [5.74, 6) is 0. The van der Waals surface area contributed by atoms with Crippen LogP contribution in [0.15, 0.2) is 12.4 Å². The van der Waals surface area contributed by atoms with Crippen molar-refractivity contribution < 1.29 is 0 Å². The summed E-state index contributed by atoms with van der Waals surface area (Å²) in [6.07, 6.45) is 5.24. The molecule has 98 valence electrons. The second-order valence-electron chi connectivity index (χ2n) is 5.31. The van der Waals surface area contributed by atoms with E-state index in [2.05, 4.69) is 56.4 Å². The van der Waals surface area contributed by atoms with E-state index in [9.17, 15) is 0 Å². The fourth-order valence-corrected chi connectivity index (χ4v) is 2.07. The molecule has 0 aromatic carbocycles. The number of nitrogens with one attached hydrogen (secondary N) is 1. The number of rotatable bonds is 6. The quantitative estimate of drug-likeness (QED) is 0.821. The summed E-state index contributed by atoms with van der Waals surface area (Å²) in [5.41, 5.74) is 1.30. The molecule has 1 rings (SSSR count). The smallest absolute Gasteiger partial charge is 0.0538 e. The van der Waals surface area contributed by atoms with Gasteiger partial charge in [0.25, 0.3) is 0 Å². The van der Waals surface area contributed by atoms with Gasteiger partial charge in [-0.25, -0.2) is 0 Å². The Morgan fingerprint density at radius 3 is 2.59 bits per heavy atom. The van der Waals surface area contributed by atoms with Crippen molar-refractivity contribution in [3.8, 4) is 0 Å². The zero-order chi connectivity index (χ0) is 13.1. The normalized spacial score (nSPS) is 14.3. The third-order valence-corrected chi connectivity index (χ3v) is 3.59. The topological polar surface area (TPSA) is 33.1 Å². The fourth-order valence-electron chi connectivity index (χ4n) is 2.07. The van der Waals surface area contributed by atoms with Crippen LogP contribution < -0.4 is 5.32 Å². The summed E-state index contributed by atoms with van der Waals surface area (Å²) in [6, 6.07) is 0.281. The van der Waals surface area contributed by atoms with Gasteiger partial charge < -0.3 is 10.2 Å². The Kier molecular flexibility index (Phi) is 4.71. The first-order valence-corrected chi connectivity index (χ1v) is 6.30. The van der Waals surface area contributed by atoms with Gasteiger partial charge in [-0.15, -0.1) is 0 Å². The van der Waals surface area contributed by atoms with E-state index >= 15 is 0 Å². The molecule has 1 heterocycles. The van der Waals surface area contributed by atoms with Crippen molar-refractivity contribution in [2.45, 2.75) is 45.3 Å². The third kappa shape index (κ3) is 3.07. The number of aromatic nitrogens is 2. The SMILES string of the molecule is CCCn1cc(C(NC)C(C)(C)N(C)C)cn1. The summed E-state index contributed by atoms with van der Waals surface area (Å²) in [6.45, 7) is 7.64. The first kappa shape index (κ1) is 14.2. The molecule has 1 atom stereocenters. The Morgan fingerprint density at radius 2 is 2.12 bits per heavy atom. The first-order valence-electron chi connectivity index (χ1n) is 6.30. The average molecular weight is 238 g/mol. The van der Waals surface area contributed by atoms with Gasteiger partial charge in [0.05, 0.1) is 12.2 Å². The summed E-state index contributed by atoms with van der Waals surface area (Å²) < 4.78 is 2.02. The molecule has 4 heteroatoms. The van der Waals surface area contributed by atoms with E-state index in [1.807, 2.05) is 17.9 Å². The highest BCUT2D eigenvalue weighted by molar-refractivity contribution is 5.16. The molecule has 0 amide bonds. The molecule has 0 aliphatic heterocycles. The predicted octanol–water partition coefficient (Wildman–Crippen LogP) is 1.89. The van der Waals surface area contributed by atoms with Crippen LogP contribution in [-0.4, -0.2) is 41.4 Å². The molecule has 0 saturated carbocycles. The molecule has 4 nitrogen and oxygen atoms in total. The largest absolute Gasteiger partial charge is 0.311 e. The molecule has 1 unspecified atom stereocenters. The summed E-state index contributed by atoms with van der Waals surface area (Å²) in [7, 11) is 6.23. The minimum Gasteiger partial charge on any atom is -0.311 e. The number of hydrogen-bond acceptors (Lipinski definition) is 3. The summed E-state index contributed by atoms with van der Waals surface area (Å²) >= 11 is 0. The second-order valence-corrected chi connectivity index (χ2v) is 5.31. The Balaban J connectivity index is 2.93. The Morgan fingerprint density at radius 1 is 1.47 bits per heavy atom. The Hall–Kier alpha value is -0.870. The van der Waals surface area contributed by atoms with Crippen molar-refractivity contribution in [2.75, 3.05) is 21.1 Å². The average Bonchev–Trinajstić information content (AvgIpc) is 2.67. The van der Waals surface area contributed by atoms with E-state index in [1.165, 1.54) is 5.56 Å². The van der Waals surface area contributed by atoms with Crippen molar-refractivity contribution in [2.24, 2.45) is 0 Å². The van der Waals surface area contributed by atoms with E-state index in [4.69, 9.17) is 0 Å². The zero-order valence-corrected chi connectivity index (χ0v) is 12.0. The molecule has 0 fully saturated rings. The van der Waals surface area contributed by atoms with Gasteiger partial charge in [0, 0.05) is 23.8 Å². The van der Waals surface area contributed by atoms with E-state index in [-0.39, 0.29) is 11.6 Å². The number of hydrogen-bond donors (Lipinski definition) is 1.